The molecule has 86 valence electrons. The summed E-state index contributed by atoms with van der Waals surface area (Å²) in [6, 6.07) is 1.72. The van der Waals surface area contributed by atoms with Gasteiger partial charge < -0.3 is 10.1 Å². The van der Waals surface area contributed by atoms with Crippen LogP contribution in [0.4, 0.5) is 10.1 Å². The van der Waals surface area contributed by atoms with E-state index in [0.29, 0.717) is 18.9 Å². The molecule has 2 rings (SSSR count). The SMILES string of the molecule is O=C(Nc1cnc2c(c1)COCC2)C(F)Cl. The second kappa shape index (κ2) is 4.76. The van der Waals surface area contributed by atoms with E-state index in [-0.39, 0.29) is 0 Å². The smallest absolute Gasteiger partial charge is 0.274 e. The van der Waals surface area contributed by atoms with Gasteiger partial charge >= 0.3 is 0 Å². The molecule has 1 amide bonds. The Morgan fingerprint density at radius 1 is 1.69 bits per heavy atom. The molecule has 1 atom stereocenters. The first-order chi connectivity index (χ1) is 7.66. The maximum Gasteiger partial charge on any atom is 0.274 e. The lowest BCUT2D eigenvalue weighted by Crippen LogP contribution is -2.20. The van der Waals surface area contributed by atoms with Crippen LogP contribution in [-0.4, -0.2) is 23.1 Å². The molecule has 1 aromatic heterocycles. The third-order valence-electron chi connectivity index (χ3n) is 2.27. The zero-order valence-electron chi connectivity index (χ0n) is 8.37. The standard InChI is InChI=1S/C10H10ClFN2O2/c11-9(12)10(15)14-7-3-6-5-16-2-1-8(6)13-4-7/h3-4,9H,1-2,5H2,(H,14,15). The molecule has 0 aliphatic carbocycles. The zero-order chi connectivity index (χ0) is 11.5. The number of halogens is 2. The first kappa shape index (κ1) is 11.3. The predicted octanol–water partition coefficient (Wildman–Crippen LogP) is 1.63. The molecule has 2 heterocycles. The van der Waals surface area contributed by atoms with Crippen molar-refractivity contribution in [1.82, 2.24) is 4.98 Å². The van der Waals surface area contributed by atoms with E-state index in [0.717, 1.165) is 17.7 Å². The predicted molar refractivity (Wildman–Crippen MR) is 57.0 cm³/mol. The van der Waals surface area contributed by atoms with Gasteiger partial charge in [0.05, 0.1) is 25.1 Å². The summed E-state index contributed by atoms with van der Waals surface area (Å²) < 4.78 is 17.7. The van der Waals surface area contributed by atoms with Crippen molar-refractivity contribution >= 4 is 23.2 Å². The van der Waals surface area contributed by atoms with Crippen LogP contribution in [0, 0.1) is 0 Å². The van der Waals surface area contributed by atoms with Crippen LogP contribution >= 0.6 is 11.6 Å². The summed E-state index contributed by atoms with van der Waals surface area (Å²) in [5.41, 5.74) is 0.241. The molecular formula is C10H10ClFN2O2. The minimum absolute atomic E-state index is 0.428. The van der Waals surface area contributed by atoms with Gasteiger partial charge in [-0.3, -0.25) is 9.78 Å². The number of anilines is 1. The van der Waals surface area contributed by atoms with E-state index in [1.54, 1.807) is 6.07 Å². The Balaban J connectivity index is 2.14. The highest BCUT2D eigenvalue weighted by Crippen LogP contribution is 2.18. The molecule has 16 heavy (non-hydrogen) atoms. The monoisotopic (exact) mass is 244 g/mol. The summed E-state index contributed by atoms with van der Waals surface area (Å²) in [5, 5.41) is 2.33. The quantitative estimate of drug-likeness (QED) is 0.805. The summed E-state index contributed by atoms with van der Waals surface area (Å²) >= 11 is 5.00. The second-order valence-corrected chi connectivity index (χ2v) is 3.81. The molecule has 0 radical (unpaired) electrons. The number of ether oxygens (including phenoxy) is 1. The molecule has 0 saturated heterocycles. The van der Waals surface area contributed by atoms with Crippen molar-refractivity contribution in [2.24, 2.45) is 0 Å². The van der Waals surface area contributed by atoms with Gasteiger partial charge in [-0.2, -0.15) is 0 Å². The molecule has 4 nitrogen and oxygen atoms in total. The number of alkyl halides is 2. The number of aromatic nitrogens is 1. The largest absolute Gasteiger partial charge is 0.376 e. The number of amides is 1. The first-order valence-corrected chi connectivity index (χ1v) is 5.25. The minimum Gasteiger partial charge on any atom is -0.376 e. The highest BCUT2D eigenvalue weighted by Gasteiger charge is 2.15. The van der Waals surface area contributed by atoms with E-state index in [9.17, 15) is 9.18 Å². The summed E-state index contributed by atoms with van der Waals surface area (Å²) in [7, 11) is 0. The molecule has 1 unspecified atom stereocenters. The summed E-state index contributed by atoms with van der Waals surface area (Å²) in [6.07, 6.45) is 2.24. The lowest BCUT2D eigenvalue weighted by atomic mass is 10.1. The first-order valence-electron chi connectivity index (χ1n) is 4.81. The van der Waals surface area contributed by atoms with Gasteiger partial charge in [0.1, 0.15) is 0 Å². The molecule has 0 bridgehead atoms. The van der Waals surface area contributed by atoms with E-state index < -0.39 is 11.5 Å². The van der Waals surface area contributed by atoms with E-state index in [4.69, 9.17) is 16.3 Å². The van der Waals surface area contributed by atoms with Crippen molar-refractivity contribution in [1.29, 1.82) is 0 Å². The number of pyridine rings is 1. The molecule has 0 saturated carbocycles. The summed E-state index contributed by atoms with van der Waals surface area (Å²) in [4.78, 5) is 15.2. The van der Waals surface area contributed by atoms with Crippen molar-refractivity contribution in [2.45, 2.75) is 18.7 Å². The molecule has 1 aromatic rings. The Morgan fingerprint density at radius 3 is 3.25 bits per heavy atom. The number of nitrogens with one attached hydrogen (secondary N) is 1. The number of nitrogens with zero attached hydrogens (tertiary/aromatic N) is 1. The van der Waals surface area contributed by atoms with Gasteiger partial charge in [0, 0.05) is 17.7 Å². The molecular weight excluding hydrogens is 235 g/mol. The van der Waals surface area contributed by atoms with Crippen molar-refractivity contribution < 1.29 is 13.9 Å². The Morgan fingerprint density at radius 2 is 2.50 bits per heavy atom. The van der Waals surface area contributed by atoms with Gasteiger partial charge in [-0.25, -0.2) is 4.39 Å². The third kappa shape index (κ3) is 2.48. The maximum absolute atomic E-state index is 12.4. The van der Waals surface area contributed by atoms with E-state index in [1.165, 1.54) is 6.20 Å². The Bertz CT molecular complexity index is 412. The lowest BCUT2D eigenvalue weighted by molar-refractivity contribution is -0.118. The Labute approximate surface area is 96.8 Å². The molecule has 1 N–H and O–H groups in total. The van der Waals surface area contributed by atoms with Crippen molar-refractivity contribution in [3.8, 4) is 0 Å². The van der Waals surface area contributed by atoms with Crippen molar-refractivity contribution in [3.05, 3.63) is 23.5 Å². The fourth-order valence-electron chi connectivity index (χ4n) is 1.50. The van der Waals surface area contributed by atoms with Crippen LogP contribution in [0.3, 0.4) is 0 Å². The Hall–Kier alpha value is -1.20. The number of fused-ring (bicyclic) bond motifs is 1. The average molecular weight is 245 g/mol. The third-order valence-corrected chi connectivity index (χ3v) is 2.46. The van der Waals surface area contributed by atoms with Gasteiger partial charge in [0.15, 0.2) is 0 Å². The fourth-order valence-corrected chi connectivity index (χ4v) is 1.56. The van der Waals surface area contributed by atoms with Crippen LogP contribution in [0.2, 0.25) is 0 Å². The molecule has 1 aliphatic heterocycles. The van der Waals surface area contributed by atoms with E-state index >= 15 is 0 Å². The molecule has 1 aliphatic rings. The topological polar surface area (TPSA) is 51.2 Å². The van der Waals surface area contributed by atoms with Gasteiger partial charge in [-0.1, -0.05) is 11.6 Å². The van der Waals surface area contributed by atoms with Crippen molar-refractivity contribution in [3.63, 3.8) is 0 Å². The molecule has 0 fully saturated rings. The number of rotatable bonds is 2. The van der Waals surface area contributed by atoms with Crippen LogP contribution in [0.15, 0.2) is 12.3 Å². The average Bonchev–Trinajstić information content (AvgIpc) is 2.28. The number of hydrogen-bond acceptors (Lipinski definition) is 3. The number of hydrogen-bond donors (Lipinski definition) is 1. The van der Waals surface area contributed by atoms with Crippen LogP contribution in [-0.2, 0) is 22.6 Å². The van der Waals surface area contributed by atoms with Crippen LogP contribution in [0.1, 0.15) is 11.3 Å². The van der Waals surface area contributed by atoms with Gasteiger partial charge in [0.2, 0.25) is 0 Å². The maximum atomic E-state index is 12.4. The van der Waals surface area contributed by atoms with E-state index in [1.807, 2.05) is 0 Å². The highest BCUT2D eigenvalue weighted by molar-refractivity contribution is 6.31. The molecule has 0 spiro atoms. The normalized spacial score (nSPS) is 16.4. The lowest BCUT2D eigenvalue weighted by Gasteiger charge is -2.16. The zero-order valence-corrected chi connectivity index (χ0v) is 9.13. The molecule has 0 aromatic carbocycles. The molecule has 6 heteroatoms. The number of carbonyl (C=O) groups is 1. The van der Waals surface area contributed by atoms with E-state index in [2.05, 4.69) is 10.3 Å². The van der Waals surface area contributed by atoms with Crippen LogP contribution in [0.25, 0.3) is 0 Å². The van der Waals surface area contributed by atoms with Crippen LogP contribution in [0.5, 0.6) is 0 Å². The highest BCUT2D eigenvalue weighted by atomic mass is 35.5. The van der Waals surface area contributed by atoms with Crippen LogP contribution < -0.4 is 5.32 Å². The minimum atomic E-state index is -2.05. The van der Waals surface area contributed by atoms with Gasteiger partial charge in [0.25, 0.3) is 11.5 Å². The second-order valence-electron chi connectivity index (χ2n) is 3.42. The summed E-state index contributed by atoms with van der Waals surface area (Å²) in [5.74, 6) is -0.889. The number of carbonyl (C=O) groups excluding carboxylic acids is 1. The Kier molecular flexibility index (Phi) is 3.36. The summed E-state index contributed by atoms with van der Waals surface area (Å²) in [6.45, 7) is 1.12. The van der Waals surface area contributed by atoms with Gasteiger partial charge in [-0.15, -0.1) is 0 Å². The van der Waals surface area contributed by atoms with Crippen molar-refractivity contribution in [2.75, 3.05) is 11.9 Å². The van der Waals surface area contributed by atoms with Gasteiger partial charge in [-0.05, 0) is 6.07 Å². The fraction of sp³-hybridized carbons (Fsp3) is 0.400.